The molecule has 0 unspecified atom stereocenters. The van der Waals surface area contributed by atoms with Crippen molar-refractivity contribution in [3.8, 4) is 12.3 Å². The first-order valence-electron chi connectivity index (χ1n) is 3.80. The summed E-state index contributed by atoms with van der Waals surface area (Å²) in [5, 5.41) is 2.29. The Morgan fingerprint density at radius 3 is 2.43 bits per heavy atom. The van der Waals surface area contributed by atoms with E-state index in [0.29, 0.717) is 12.0 Å². The Labute approximate surface area is 79.9 Å². The van der Waals surface area contributed by atoms with Gasteiger partial charge in [0, 0.05) is 6.54 Å². The number of carbonyl (C=O) groups is 1. The van der Waals surface area contributed by atoms with Gasteiger partial charge in [-0.2, -0.15) is 0 Å². The lowest BCUT2D eigenvalue weighted by atomic mass is 10.1. The Bertz CT molecular complexity index is 373. The summed E-state index contributed by atoms with van der Waals surface area (Å²) in [6.45, 7) is 0.0716. The molecular formula is C10H7F2NO. The van der Waals surface area contributed by atoms with E-state index in [-0.39, 0.29) is 12.1 Å². The van der Waals surface area contributed by atoms with Crippen LogP contribution in [-0.4, -0.2) is 6.41 Å². The highest BCUT2D eigenvalue weighted by atomic mass is 19.1. The molecular weight excluding hydrogens is 188 g/mol. The molecule has 1 aromatic rings. The van der Waals surface area contributed by atoms with Crippen LogP contribution in [0.15, 0.2) is 12.1 Å². The third-order valence-corrected chi connectivity index (χ3v) is 1.64. The smallest absolute Gasteiger partial charge is 0.207 e. The Balaban J connectivity index is 3.02. The lowest BCUT2D eigenvalue weighted by Gasteiger charge is -2.03. The summed E-state index contributed by atoms with van der Waals surface area (Å²) in [4.78, 5) is 9.94. The van der Waals surface area contributed by atoms with Gasteiger partial charge in [0.15, 0.2) is 0 Å². The molecule has 4 heteroatoms. The standard InChI is InChI=1S/C10H7F2NO/c1-2-8-9(11)3-7(4-10(8)12)5-13-6-14/h1,3-4,6H,5H2,(H,13,14). The quantitative estimate of drug-likeness (QED) is 0.569. The SMILES string of the molecule is C#Cc1c(F)cc(CNC=O)cc1F. The van der Waals surface area contributed by atoms with E-state index in [1.165, 1.54) is 0 Å². The maximum atomic E-state index is 13.0. The highest BCUT2D eigenvalue weighted by Gasteiger charge is 2.08. The maximum absolute atomic E-state index is 13.0. The van der Waals surface area contributed by atoms with Crippen LogP contribution in [0.3, 0.4) is 0 Å². The summed E-state index contributed by atoms with van der Waals surface area (Å²) in [6.07, 6.45) is 5.35. The lowest BCUT2D eigenvalue weighted by molar-refractivity contribution is -0.109. The largest absolute Gasteiger partial charge is 0.355 e. The molecule has 0 aliphatic carbocycles. The van der Waals surface area contributed by atoms with Gasteiger partial charge in [-0.25, -0.2) is 8.78 Å². The Morgan fingerprint density at radius 1 is 1.43 bits per heavy atom. The van der Waals surface area contributed by atoms with Gasteiger partial charge in [0.05, 0.1) is 5.56 Å². The van der Waals surface area contributed by atoms with Crippen LogP contribution in [0.25, 0.3) is 0 Å². The van der Waals surface area contributed by atoms with E-state index in [4.69, 9.17) is 6.42 Å². The van der Waals surface area contributed by atoms with Crippen LogP contribution in [0.4, 0.5) is 8.78 Å². The topological polar surface area (TPSA) is 29.1 Å². The molecule has 0 aliphatic heterocycles. The van der Waals surface area contributed by atoms with Crippen molar-refractivity contribution in [2.45, 2.75) is 6.54 Å². The third-order valence-electron chi connectivity index (χ3n) is 1.64. The average molecular weight is 195 g/mol. The lowest BCUT2D eigenvalue weighted by Crippen LogP contribution is -2.10. The van der Waals surface area contributed by atoms with E-state index in [1.54, 1.807) is 0 Å². The second-order valence-corrected chi connectivity index (χ2v) is 2.58. The van der Waals surface area contributed by atoms with Crippen molar-refractivity contribution < 1.29 is 13.6 Å². The third kappa shape index (κ3) is 2.07. The number of amides is 1. The molecule has 72 valence electrons. The highest BCUT2D eigenvalue weighted by molar-refractivity contribution is 5.46. The fraction of sp³-hybridized carbons (Fsp3) is 0.100. The second-order valence-electron chi connectivity index (χ2n) is 2.58. The van der Waals surface area contributed by atoms with Crippen LogP contribution >= 0.6 is 0 Å². The van der Waals surface area contributed by atoms with Gasteiger partial charge in [-0.15, -0.1) is 6.42 Å². The zero-order chi connectivity index (χ0) is 10.6. The van der Waals surface area contributed by atoms with Crippen LogP contribution in [0.1, 0.15) is 11.1 Å². The van der Waals surface area contributed by atoms with Crippen molar-refractivity contribution in [3.05, 3.63) is 34.9 Å². The van der Waals surface area contributed by atoms with Crippen LogP contribution in [0.2, 0.25) is 0 Å². The summed E-state index contributed by atoms with van der Waals surface area (Å²) in [5.41, 5.74) is -0.0639. The van der Waals surface area contributed by atoms with Gasteiger partial charge < -0.3 is 5.32 Å². The molecule has 0 fully saturated rings. The van der Waals surface area contributed by atoms with Crippen molar-refractivity contribution in [1.82, 2.24) is 5.32 Å². The van der Waals surface area contributed by atoms with E-state index in [9.17, 15) is 13.6 Å². The van der Waals surface area contributed by atoms with E-state index >= 15 is 0 Å². The molecule has 0 heterocycles. The molecule has 0 bridgehead atoms. The van der Waals surface area contributed by atoms with E-state index in [2.05, 4.69) is 5.32 Å². The molecule has 1 amide bonds. The Morgan fingerprint density at radius 2 is 2.00 bits per heavy atom. The van der Waals surface area contributed by atoms with Crippen molar-refractivity contribution in [2.24, 2.45) is 0 Å². The van der Waals surface area contributed by atoms with Crippen molar-refractivity contribution in [2.75, 3.05) is 0 Å². The molecule has 0 atom stereocenters. The number of carbonyl (C=O) groups excluding carboxylic acids is 1. The summed E-state index contributed by atoms with van der Waals surface area (Å²) >= 11 is 0. The predicted octanol–water partition coefficient (Wildman–Crippen LogP) is 1.19. The van der Waals surface area contributed by atoms with Gasteiger partial charge >= 0.3 is 0 Å². The highest BCUT2D eigenvalue weighted by Crippen LogP contribution is 2.14. The summed E-state index contributed by atoms with van der Waals surface area (Å²) in [5.74, 6) is 0.315. The molecule has 0 saturated carbocycles. The van der Waals surface area contributed by atoms with Gasteiger partial charge in [0.1, 0.15) is 11.6 Å². The van der Waals surface area contributed by atoms with Gasteiger partial charge in [0.25, 0.3) is 0 Å². The molecule has 2 nitrogen and oxygen atoms in total. The molecule has 0 aromatic heterocycles. The fourth-order valence-electron chi connectivity index (χ4n) is 1.03. The first-order chi connectivity index (χ1) is 6.69. The van der Waals surface area contributed by atoms with Gasteiger partial charge in [0.2, 0.25) is 6.41 Å². The monoisotopic (exact) mass is 195 g/mol. The van der Waals surface area contributed by atoms with Crippen molar-refractivity contribution in [3.63, 3.8) is 0 Å². The predicted molar refractivity (Wildman–Crippen MR) is 47.2 cm³/mol. The molecule has 0 spiro atoms. The fourth-order valence-corrected chi connectivity index (χ4v) is 1.03. The van der Waals surface area contributed by atoms with E-state index in [1.807, 2.05) is 5.92 Å². The Kier molecular flexibility index (Phi) is 3.19. The van der Waals surface area contributed by atoms with E-state index in [0.717, 1.165) is 12.1 Å². The van der Waals surface area contributed by atoms with Crippen molar-refractivity contribution in [1.29, 1.82) is 0 Å². The van der Waals surface area contributed by atoms with Gasteiger partial charge in [-0.05, 0) is 17.7 Å². The van der Waals surface area contributed by atoms with E-state index < -0.39 is 11.6 Å². The number of rotatable bonds is 3. The zero-order valence-corrected chi connectivity index (χ0v) is 7.18. The molecule has 0 saturated heterocycles. The van der Waals surface area contributed by atoms with Crippen LogP contribution < -0.4 is 5.32 Å². The van der Waals surface area contributed by atoms with Crippen LogP contribution in [0.5, 0.6) is 0 Å². The number of benzene rings is 1. The normalized spacial score (nSPS) is 9.21. The molecule has 1 rings (SSSR count). The summed E-state index contributed by atoms with van der Waals surface area (Å²) in [7, 11) is 0. The molecule has 1 aromatic carbocycles. The zero-order valence-electron chi connectivity index (χ0n) is 7.18. The minimum atomic E-state index is -0.796. The number of hydrogen-bond acceptors (Lipinski definition) is 1. The van der Waals surface area contributed by atoms with Crippen LogP contribution in [-0.2, 0) is 11.3 Å². The number of terminal acetylenes is 1. The molecule has 14 heavy (non-hydrogen) atoms. The Hall–Kier alpha value is -1.89. The first kappa shape index (κ1) is 10.2. The maximum Gasteiger partial charge on any atom is 0.207 e. The number of hydrogen-bond donors (Lipinski definition) is 1. The first-order valence-corrected chi connectivity index (χ1v) is 3.80. The van der Waals surface area contributed by atoms with Gasteiger partial charge in [-0.1, -0.05) is 5.92 Å². The minimum Gasteiger partial charge on any atom is -0.355 e. The van der Waals surface area contributed by atoms with Crippen LogP contribution in [0, 0.1) is 24.0 Å². The summed E-state index contributed by atoms with van der Waals surface area (Å²) in [6, 6.07) is 2.18. The minimum absolute atomic E-state index is 0.0716. The van der Waals surface area contributed by atoms with Gasteiger partial charge in [-0.3, -0.25) is 4.79 Å². The average Bonchev–Trinajstić information content (AvgIpc) is 2.14. The molecule has 0 aliphatic rings. The molecule has 1 N–H and O–H groups in total. The molecule has 0 radical (unpaired) electrons. The van der Waals surface area contributed by atoms with Crippen molar-refractivity contribution >= 4 is 6.41 Å². The number of halogens is 2. The number of nitrogens with one attached hydrogen (secondary N) is 1. The summed E-state index contributed by atoms with van der Waals surface area (Å²) < 4.78 is 26.1. The second kappa shape index (κ2) is 4.38.